The molecule has 120 valence electrons. The highest BCUT2D eigenvalue weighted by Gasteiger charge is 2.12. The normalized spacial score (nSPS) is 12.8. The number of rotatable bonds is 8. The number of hydrogen-bond donors (Lipinski definition) is 1. The maximum absolute atomic E-state index is 9.75. The van der Waals surface area contributed by atoms with Crippen molar-refractivity contribution >= 4 is 10.8 Å². The lowest BCUT2D eigenvalue weighted by atomic mass is 9.94. The standard InChI is InChI=1S/C19H27NO2/c1-4-20(5-2)11-10-18(14-21)16-6-7-17-13-19(22-3)9-8-15(17)12-16/h6-9,12-13,18,21H,4-5,10-11,14H2,1-3H3. The Balaban J connectivity index is 2.16. The fourth-order valence-electron chi connectivity index (χ4n) is 2.86. The molecule has 0 bridgehead atoms. The van der Waals surface area contributed by atoms with Crippen molar-refractivity contribution in [3.05, 3.63) is 42.0 Å². The van der Waals surface area contributed by atoms with Gasteiger partial charge in [0.25, 0.3) is 0 Å². The Morgan fingerprint density at radius 2 is 1.73 bits per heavy atom. The number of nitrogens with zero attached hydrogens (tertiary/aromatic N) is 1. The first-order valence-electron chi connectivity index (χ1n) is 8.12. The summed E-state index contributed by atoms with van der Waals surface area (Å²) in [7, 11) is 1.69. The van der Waals surface area contributed by atoms with E-state index in [0.717, 1.165) is 31.8 Å². The summed E-state index contributed by atoms with van der Waals surface area (Å²) in [6.07, 6.45) is 0.986. The molecule has 1 atom stereocenters. The average Bonchev–Trinajstić information content (AvgIpc) is 2.58. The zero-order valence-electron chi connectivity index (χ0n) is 13.9. The number of aliphatic hydroxyl groups excluding tert-OH is 1. The van der Waals surface area contributed by atoms with Gasteiger partial charge in [0.15, 0.2) is 0 Å². The van der Waals surface area contributed by atoms with Gasteiger partial charge in [0.05, 0.1) is 7.11 Å². The number of hydrogen-bond acceptors (Lipinski definition) is 3. The van der Waals surface area contributed by atoms with Crippen molar-refractivity contribution in [1.82, 2.24) is 4.90 Å². The molecule has 2 aromatic rings. The Morgan fingerprint density at radius 1 is 1.05 bits per heavy atom. The maximum atomic E-state index is 9.75. The molecule has 22 heavy (non-hydrogen) atoms. The summed E-state index contributed by atoms with van der Waals surface area (Å²) in [6, 6.07) is 12.5. The van der Waals surface area contributed by atoms with Gasteiger partial charge in [-0.05, 0) is 54.5 Å². The maximum Gasteiger partial charge on any atom is 0.119 e. The second-order valence-electron chi connectivity index (χ2n) is 5.67. The second kappa shape index (κ2) is 8.16. The third-order valence-corrected chi connectivity index (χ3v) is 4.45. The van der Waals surface area contributed by atoms with E-state index in [1.54, 1.807) is 7.11 Å². The fraction of sp³-hybridized carbons (Fsp3) is 0.474. The molecule has 0 aliphatic heterocycles. The Kier molecular flexibility index (Phi) is 6.22. The molecule has 0 radical (unpaired) electrons. The molecule has 0 aliphatic rings. The Hall–Kier alpha value is -1.58. The molecule has 0 aromatic heterocycles. The molecule has 0 aliphatic carbocycles. The van der Waals surface area contributed by atoms with Crippen molar-refractivity contribution in [1.29, 1.82) is 0 Å². The molecule has 0 heterocycles. The Bertz CT molecular complexity index is 593. The molecule has 0 spiro atoms. The van der Waals surface area contributed by atoms with Crippen LogP contribution in [0.3, 0.4) is 0 Å². The van der Waals surface area contributed by atoms with Crippen LogP contribution < -0.4 is 4.74 Å². The van der Waals surface area contributed by atoms with Gasteiger partial charge in [-0.3, -0.25) is 0 Å². The van der Waals surface area contributed by atoms with E-state index in [-0.39, 0.29) is 12.5 Å². The summed E-state index contributed by atoms with van der Waals surface area (Å²) in [5, 5.41) is 12.1. The Labute approximate surface area is 133 Å². The van der Waals surface area contributed by atoms with Gasteiger partial charge in [0.1, 0.15) is 5.75 Å². The lowest BCUT2D eigenvalue weighted by Gasteiger charge is -2.22. The third-order valence-electron chi connectivity index (χ3n) is 4.45. The van der Waals surface area contributed by atoms with Crippen LogP contribution >= 0.6 is 0 Å². The quantitative estimate of drug-likeness (QED) is 0.807. The van der Waals surface area contributed by atoms with E-state index in [1.165, 1.54) is 16.3 Å². The van der Waals surface area contributed by atoms with Crippen LogP contribution in [0.4, 0.5) is 0 Å². The smallest absolute Gasteiger partial charge is 0.119 e. The third kappa shape index (κ3) is 3.99. The monoisotopic (exact) mass is 301 g/mol. The minimum Gasteiger partial charge on any atom is -0.497 e. The van der Waals surface area contributed by atoms with Crippen LogP contribution in [0, 0.1) is 0 Å². The van der Waals surface area contributed by atoms with Crippen molar-refractivity contribution in [2.45, 2.75) is 26.2 Å². The van der Waals surface area contributed by atoms with E-state index >= 15 is 0 Å². The van der Waals surface area contributed by atoms with E-state index < -0.39 is 0 Å². The zero-order chi connectivity index (χ0) is 15.9. The van der Waals surface area contributed by atoms with Crippen LogP contribution in [0.5, 0.6) is 5.75 Å². The average molecular weight is 301 g/mol. The fourth-order valence-corrected chi connectivity index (χ4v) is 2.86. The Morgan fingerprint density at radius 3 is 2.36 bits per heavy atom. The van der Waals surface area contributed by atoms with Crippen molar-refractivity contribution in [2.75, 3.05) is 33.4 Å². The van der Waals surface area contributed by atoms with Crippen molar-refractivity contribution in [3.63, 3.8) is 0 Å². The lowest BCUT2D eigenvalue weighted by Crippen LogP contribution is -2.25. The lowest BCUT2D eigenvalue weighted by molar-refractivity contribution is 0.232. The highest BCUT2D eigenvalue weighted by atomic mass is 16.5. The van der Waals surface area contributed by atoms with Gasteiger partial charge in [-0.1, -0.05) is 38.1 Å². The summed E-state index contributed by atoms with van der Waals surface area (Å²) in [6.45, 7) is 7.71. The molecule has 0 fully saturated rings. The summed E-state index contributed by atoms with van der Waals surface area (Å²) in [5.41, 5.74) is 1.22. The number of ether oxygens (including phenoxy) is 1. The van der Waals surface area contributed by atoms with Crippen LogP contribution in [-0.2, 0) is 0 Å². The number of benzene rings is 2. The SMILES string of the molecule is CCN(CC)CCC(CO)c1ccc2cc(OC)ccc2c1. The van der Waals surface area contributed by atoms with Gasteiger partial charge in [-0.2, -0.15) is 0 Å². The molecule has 1 N–H and O–H groups in total. The molecule has 3 heteroatoms. The predicted molar refractivity (Wildman–Crippen MR) is 92.7 cm³/mol. The molecule has 2 rings (SSSR count). The van der Waals surface area contributed by atoms with E-state index in [4.69, 9.17) is 4.74 Å². The topological polar surface area (TPSA) is 32.7 Å². The van der Waals surface area contributed by atoms with Gasteiger partial charge in [0, 0.05) is 12.5 Å². The molecule has 0 saturated carbocycles. The van der Waals surface area contributed by atoms with Gasteiger partial charge in [-0.15, -0.1) is 0 Å². The summed E-state index contributed by atoms with van der Waals surface area (Å²) < 4.78 is 5.27. The van der Waals surface area contributed by atoms with Crippen molar-refractivity contribution < 1.29 is 9.84 Å². The van der Waals surface area contributed by atoms with Crippen molar-refractivity contribution in [2.24, 2.45) is 0 Å². The first-order chi connectivity index (χ1) is 10.7. The number of aliphatic hydroxyl groups is 1. The molecular weight excluding hydrogens is 274 g/mol. The highest BCUT2D eigenvalue weighted by molar-refractivity contribution is 5.84. The molecule has 2 aromatic carbocycles. The van der Waals surface area contributed by atoms with Crippen LogP contribution in [0.2, 0.25) is 0 Å². The van der Waals surface area contributed by atoms with E-state index in [9.17, 15) is 5.11 Å². The summed E-state index contributed by atoms with van der Waals surface area (Å²) in [4.78, 5) is 2.40. The molecule has 0 saturated heterocycles. The number of methoxy groups -OCH3 is 1. The van der Waals surface area contributed by atoms with E-state index in [2.05, 4.69) is 43.0 Å². The van der Waals surface area contributed by atoms with Gasteiger partial charge in [0.2, 0.25) is 0 Å². The van der Waals surface area contributed by atoms with E-state index in [0.29, 0.717) is 0 Å². The summed E-state index contributed by atoms with van der Waals surface area (Å²) in [5.74, 6) is 1.08. The molecule has 1 unspecified atom stereocenters. The first-order valence-corrected chi connectivity index (χ1v) is 8.12. The minimum atomic E-state index is 0.197. The van der Waals surface area contributed by atoms with Crippen LogP contribution in [0.25, 0.3) is 10.8 Å². The van der Waals surface area contributed by atoms with Crippen LogP contribution in [-0.4, -0.2) is 43.4 Å². The number of fused-ring (bicyclic) bond motifs is 1. The first kappa shape index (κ1) is 16.8. The molecular formula is C19H27NO2. The van der Waals surface area contributed by atoms with Crippen LogP contribution in [0.1, 0.15) is 31.7 Å². The second-order valence-corrected chi connectivity index (χ2v) is 5.67. The van der Waals surface area contributed by atoms with Crippen LogP contribution in [0.15, 0.2) is 36.4 Å². The largest absolute Gasteiger partial charge is 0.497 e. The van der Waals surface area contributed by atoms with Crippen molar-refractivity contribution in [3.8, 4) is 5.75 Å². The summed E-state index contributed by atoms with van der Waals surface area (Å²) >= 11 is 0. The van der Waals surface area contributed by atoms with Gasteiger partial charge >= 0.3 is 0 Å². The molecule has 0 amide bonds. The zero-order valence-corrected chi connectivity index (χ0v) is 13.9. The minimum absolute atomic E-state index is 0.197. The van der Waals surface area contributed by atoms with Gasteiger partial charge < -0.3 is 14.7 Å². The van der Waals surface area contributed by atoms with Gasteiger partial charge in [-0.25, -0.2) is 0 Å². The highest BCUT2D eigenvalue weighted by Crippen LogP contribution is 2.26. The molecule has 3 nitrogen and oxygen atoms in total. The van der Waals surface area contributed by atoms with E-state index in [1.807, 2.05) is 12.1 Å². The predicted octanol–water partition coefficient (Wildman–Crippen LogP) is 3.66.